The Morgan fingerprint density at radius 1 is 1.40 bits per heavy atom. The smallest absolute Gasteiger partial charge is 0.250 e. The molecular weight excluding hydrogens is 130 g/mol. The van der Waals surface area contributed by atoms with Crippen molar-refractivity contribution in [3.8, 4) is 0 Å². The highest BCUT2D eigenvalue weighted by Crippen LogP contribution is 2.22. The number of hydrogen-bond donors (Lipinski definition) is 1. The van der Waals surface area contributed by atoms with Crippen molar-refractivity contribution < 1.29 is 0 Å². The van der Waals surface area contributed by atoms with E-state index in [9.17, 15) is 9.59 Å². The minimum Gasteiger partial charge on any atom is -0.378 e. The van der Waals surface area contributed by atoms with Gasteiger partial charge in [-0.15, -0.1) is 0 Å². The van der Waals surface area contributed by atoms with Crippen LogP contribution in [0.2, 0.25) is 0 Å². The molecule has 0 spiro atoms. The van der Waals surface area contributed by atoms with Gasteiger partial charge in [-0.1, -0.05) is 0 Å². The highest BCUT2D eigenvalue weighted by Gasteiger charge is 2.23. The first-order valence-corrected chi connectivity index (χ1v) is 3.26. The van der Waals surface area contributed by atoms with E-state index in [1.54, 1.807) is 0 Å². The average molecular weight is 136 g/mol. The fraction of sp³-hybridized carbons (Fsp3) is 0.429. The third-order valence-electron chi connectivity index (χ3n) is 1.60. The van der Waals surface area contributed by atoms with Crippen molar-refractivity contribution >= 4 is 5.69 Å². The summed E-state index contributed by atoms with van der Waals surface area (Å²) in [6.45, 7) is 0. The van der Waals surface area contributed by atoms with Crippen molar-refractivity contribution in [1.82, 2.24) is 0 Å². The van der Waals surface area contributed by atoms with E-state index in [-0.39, 0.29) is 0 Å². The Morgan fingerprint density at radius 3 is 2.50 bits per heavy atom. The summed E-state index contributed by atoms with van der Waals surface area (Å²) in [7, 11) is 0. The third-order valence-corrected chi connectivity index (χ3v) is 1.60. The van der Waals surface area contributed by atoms with Gasteiger partial charge in [0, 0.05) is 6.04 Å². The van der Waals surface area contributed by atoms with Gasteiger partial charge in [0.25, 0.3) is 0 Å². The van der Waals surface area contributed by atoms with Crippen LogP contribution in [-0.4, -0.2) is 6.04 Å². The lowest BCUT2D eigenvalue weighted by Gasteiger charge is -2.01. The molecule has 2 rings (SSSR count). The monoisotopic (exact) mass is 136 g/mol. The molecule has 1 saturated carbocycles. The van der Waals surface area contributed by atoms with Gasteiger partial charge in [-0.05, 0) is 12.8 Å². The fourth-order valence-corrected chi connectivity index (χ4v) is 0.812. The van der Waals surface area contributed by atoms with Gasteiger partial charge in [-0.25, -0.2) is 0 Å². The van der Waals surface area contributed by atoms with E-state index in [2.05, 4.69) is 11.4 Å². The Bertz CT molecular complexity index is 318. The summed E-state index contributed by atoms with van der Waals surface area (Å²) in [5.41, 5.74) is -0.525. The molecule has 0 heterocycles. The molecule has 51 valence electrons. The number of anilines is 1. The Labute approximate surface area is 57.4 Å². The van der Waals surface area contributed by atoms with Crippen molar-refractivity contribution in [2.45, 2.75) is 18.9 Å². The molecule has 0 amide bonds. The summed E-state index contributed by atoms with van der Waals surface area (Å²) >= 11 is 0. The van der Waals surface area contributed by atoms with Crippen LogP contribution in [0.15, 0.2) is 9.59 Å². The zero-order valence-electron chi connectivity index (χ0n) is 5.31. The molecule has 1 aliphatic carbocycles. The van der Waals surface area contributed by atoms with Crippen LogP contribution in [0.4, 0.5) is 5.69 Å². The van der Waals surface area contributed by atoms with E-state index in [1.807, 2.05) is 0 Å². The van der Waals surface area contributed by atoms with Crippen molar-refractivity contribution in [2.24, 2.45) is 0 Å². The van der Waals surface area contributed by atoms with Crippen LogP contribution >= 0.6 is 0 Å². The van der Waals surface area contributed by atoms with E-state index in [4.69, 9.17) is 0 Å². The quantitative estimate of drug-likeness (QED) is 0.565. The maximum Gasteiger partial charge on any atom is 0.250 e. The number of hydrogen-bond acceptors (Lipinski definition) is 3. The second-order valence-electron chi connectivity index (χ2n) is 2.58. The fourth-order valence-electron chi connectivity index (χ4n) is 0.812. The molecule has 3 heteroatoms. The molecule has 1 aromatic rings. The minimum absolute atomic E-state index is 0.382. The molecule has 0 aliphatic heterocycles. The summed E-state index contributed by atoms with van der Waals surface area (Å²) in [5.74, 6) is 0. The third kappa shape index (κ3) is 0.744. The van der Waals surface area contributed by atoms with Crippen molar-refractivity contribution in [3.63, 3.8) is 0 Å². The van der Waals surface area contributed by atoms with Gasteiger partial charge in [-0.3, -0.25) is 9.59 Å². The summed E-state index contributed by atoms with van der Waals surface area (Å²) < 4.78 is 0. The standard InChI is InChI=1S/C7H6NO2/c9-6-3-5(7(6)10)8-4-1-2-4/h4,8H,1-2H2. The Kier molecular flexibility index (Phi) is 0.952. The molecule has 0 atom stereocenters. The first-order valence-electron chi connectivity index (χ1n) is 3.26. The summed E-state index contributed by atoms with van der Waals surface area (Å²) in [6.07, 6.45) is 2.21. The topological polar surface area (TPSA) is 46.2 Å². The molecule has 10 heavy (non-hydrogen) atoms. The molecule has 1 radical (unpaired) electrons. The Hall–Kier alpha value is -1.12. The van der Waals surface area contributed by atoms with Gasteiger partial charge in [0.1, 0.15) is 0 Å². The molecular formula is C7H6NO2. The SMILES string of the molecule is O=c1[c]c(NC2CC2)c1=O. The highest BCUT2D eigenvalue weighted by molar-refractivity contribution is 5.47. The molecule has 1 N–H and O–H groups in total. The van der Waals surface area contributed by atoms with Crippen LogP contribution < -0.4 is 16.2 Å². The van der Waals surface area contributed by atoms with Gasteiger partial charge in [0.15, 0.2) is 0 Å². The molecule has 0 unspecified atom stereocenters. The van der Waals surface area contributed by atoms with E-state index >= 15 is 0 Å². The van der Waals surface area contributed by atoms with Crippen molar-refractivity contribution in [3.05, 3.63) is 26.5 Å². The first-order chi connectivity index (χ1) is 4.77. The van der Waals surface area contributed by atoms with Crippen LogP contribution in [0.1, 0.15) is 12.8 Å². The zero-order valence-corrected chi connectivity index (χ0v) is 5.31. The van der Waals surface area contributed by atoms with Gasteiger partial charge in [0.2, 0.25) is 10.9 Å². The Morgan fingerprint density at radius 2 is 2.10 bits per heavy atom. The van der Waals surface area contributed by atoms with Crippen LogP contribution in [0, 0.1) is 6.07 Å². The minimum atomic E-state index is -0.497. The van der Waals surface area contributed by atoms with Crippen LogP contribution in [0.25, 0.3) is 0 Å². The first kappa shape index (κ1) is 5.65. The number of nitrogens with one attached hydrogen (secondary N) is 1. The maximum absolute atomic E-state index is 10.6. The van der Waals surface area contributed by atoms with Crippen molar-refractivity contribution in [2.75, 3.05) is 5.32 Å². The summed E-state index contributed by atoms with van der Waals surface area (Å²) in [5, 5.41) is 2.91. The molecule has 1 aliphatic rings. The summed E-state index contributed by atoms with van der Waals surface area (Å²) in [4.78, 5) is 20.9. The number of rotatable bonds is 2. The highest BCUT2D eigenvalue weighted by atomic mass is 16.2. The largest absolute Gasteiger partial charge is 0.378 e. The second-order valence-corrected chi connectivity index (χ2v) is 2.58. The van der Waals surface area contributed by atoms with Crippen LogP contribution in [0.3, 0.4) is 0 Å². The molecule has 1 aromatic carbocycles. The van der Waals surface area contributed by atoms with Gasteiger partial charge in [-0.2, -0.15) is 0 Å². The van der Waals surface area contributed by atoms with Crippen LogP contribution in [-0.2, 0) is 0 Å². The molecule has 0 aromatic heterocycles. The van der Waals surface area contributed by atoms with E-state index in [0.717, 1.165) is 12.8 Å². The molecule has 0 saturated heterocycles. The van der Waals surface area contributed by atoms with Gasteiger partial charge < -0.3 is 5.32 Å². The predicted molar refractivity (Wildman–Crippen MR) is 36.8 cm³/mol. The van der Waals surface area contributed by atoms with Gasteiger partial charge in [0.05, 0.1) is 11.8 Å². The van der Waals surface area contributed by atoms with E-state index < -0.39 is 10.9 Å². The van der Waals surface area contributed by atoms with Crippen molar-refractivity contribution in [1.29, 1.82) is 0 Å². The lowest BCUT2D eigenvalue weighted by Crippen LogP contribution is -2.33. The molecule has 0 bridgehead atoms. The molecule has 1 fully saturated rings. The van der Waals surface area contributed by atoms with Gasteiger partial charge >= 0.3 is 0 Å². The van der Waals surface area contributed by atoms with E-state index in [1.165, 1.54) is 0 Å². The Balaban J connectivity index is 2.14. The zero-order chi connectivity index (χ0) is 7.14. The van der Waals surface area contributed by atoms with E-state index in [0.29, 0.717) is 11.7 Å². The van der Waals surface area contributed by atoms with Crippen LogP contribution in [0.5, 0.6) is 0 Å². The lowest BCUT2D eigenvalue weighted by molar-refractivity contribution is 1.13. The maximum atomic E-state index is 10.6. The normalized spacial score (nSPS) is 17.6. The average Bonchev–Trinajstić information content (AvgIpc) is 2.70. The predicted octanol–water partition coefficient (Wildman–Crippen LogP) is -0.343. The molecule has 3 nitrogen and oxygen atoms in total. The summed E-state index contributed by atoms with van der Waals surface area (Å²) in [6, 6.07) is 2.81. The second kappa shape index (κ2) is 1.68. The lowest BCUT2D eigenvalue weighted by atomic mass is 10.2.